The maximum absolute atomic E-state index is 11.0. The lowest BCUT2D eigenvalue weighted by Crippen LogP contribution is -2.33. The summed E-state index contributed by atoms with van der Waals surface area (Å²) in [6.45, 7) is 7.24. The van der Waals surface area contributed by atoms with Crippen molar-refractivity contribution in [2.45, 2.75) is 38.9 Å². The van der Waals surface area contributed by atoms with Crippen LogP contribution in [-0.2, 0) is 15.9 Å². The largest absolute Gasteiger partial charge is 0.360 e. The minimum atomic E-state index is -0.833. The highest BCUT2D eigenvalue weighted by Gasteiger charge is 2.33. The predicted octanol–water partition coefficient (Wildman–Crippen LogP) is 4.69. The Morgan fingerprint density at radius 1 is 0.760 bits per heavy atom. The molecule has 7 heteroatoms. The van der Waals surface area contributed by atoms with E-state index in [1.807, 2.05) is 27.7 Å². The molecule has 0 aliphatic rings. The van der Waals surface area contributed by atoms with E-state index in [9.17, 15) is 20.2 Å². The van der Waals surface area contributed by atoms with E-state index in [4.69, 9.17) is 4.74 Å². The third-order valence-corrected chi connectivity index (χ3v) is 4.01. The standard InChI is InChI=1S/C18H20N2O5/c1-17(2,13-7-5-9-15(11-13)19(21)22)25-18(3,4)14-8-6-10-16(12-14)20(23)24/h5-12H,1-4H3. The molecule has 0 aliphatic heterocycles. The Bertz CT molecular complexity index is 747. The van der Waals surface area contributed by atoms with Crippen molar-refractivity contribution < 1.29 is 14.6 Å². The van der Waals surface area contributed by atoms with Gasteiger partial charge in [0.15, 0.2) is 0 Å². The average Bonchev–Trinajstić information content (AvgIpc) is 2.54. The van der Waals surface area contributed by atoms with E-state index < -0.39 is 21.0 Å². The molecule has 0 unspecified atom stereocenters. The molecule has 0 radical (unpaired) electrons. The van der Waals surface area contributed by atoms with E-state index in [1.54, 1.807) is 24.3 Å². The number of hydrogen-bond acceptors (Lipinski definition) is 5. The van der Waals surface area contributed by atoms with Crippen molar-refractivity contribution in [3.8, 4) is 0 Å². The summed E-state index contributed by atoms with van der Waals surface area (Å²) in [6, 6.07) is 12.5. The van der Waals surface area contributed by atoms with Crippen LogP contribution in [0.25, 0.3) is 0 Å². The molecule has 0 saturated heterocycles. The van der Waals surface area contributed by atoms with Crippen LogP contribution >= 0.6 is 0 Å². The molecule has 0 N–H and O–H groups in total. The second-order valence-corrected chi connectivity index (χ2v) is 6.74. The molecule has 25 heavy (non-hydrogen) atoms. The lowest BCUT2D eigenvalue weighted by atomic mass is 9.92. The van der Waals surface area contributed by atoms with Gasteiger partial charge in [-0.15, -0.1) is 0 Å². The smallest absolute Gasteiger partial charge is 0.269 e. The third-order valence-electron chi connectivity index (χ3n) is 4.01. The average molecular weight is 344 g/mol. The number of nitrogens with zero attached hydrogens (tertiary/aromatic N) is 2. The second-order valence-electron chi connectivity index (χ2n) is 6.74. The Kier molecular flexibility index (Phi) is 4.89. The first-order valence-corrected chi connectivity index (χ1v) is 7.73. The number of ether oxygens (including phenoxy) is 1. The summed E-state index contributed by atoms with van der Waals surface area (Å²) >= 11 is 0. The molecule has 2 aromatic rings. The molecule has 2 rings (SSSR count). The minimum absolute atomic E-state index is 0.0117. The van der Waals surface area contributed by atoms with Gasteiger partial charge in [0.2, 0.25) is 0 Å². The Morgan fingerprint density at radius 3 is 1.44 bits per heavy atom. The van der Waals surface area contributed by atoms with Crippen molar-refractivity contribution in [1.29, 1.82) is 0 Å². The molecule has 0 aromatic heterocycles. The van der Waals surface area contributed by atoms with E-state index in [0.717, 1.165) is 0 Å². The van der Waals surface area contributed by atoms with Crippen molar-refractivity contribution >= 4 is 11.4 Å². The molecular formula is C18H20N2O5. The molecule has 0 aliphatic carbocycles. The first-order chi connectivity index (χ1) is 11.5. The summed E-state index contributed by atoms with van der Waals surface area (Å²) in [7, 11) is 0. The molecule has 0 amide bonds. The summed E-state index contributed by atoms with van der Waals surface area (Å²) in [6.07, 6.45) is 0. The molecule has 0 heterocycles. The number of benzene rings is 2. The lowest BCUT2D eigenvalue weighted by molar-refractivity contribution is -0.385. The third kappa shape index (κ3) is 4.19. The van der Waals surface area contributed by atoms with Crippen molar-refractivity contribution in [1.82, 2.24) is 0 Å². The topological polar surface area (TPSA) is 95.5 Å². The van der Waals surface area contributed by atoms with Gasteiger partial charge in [-0.2, -0.15) is 0 Å². The minimum Gasteiger partial charge on any atom is -0.360 e. The number of non-ortho nitro benzene ring substituents is 2. The Labute approximate surface area is 145 Å². The number of hydrogen-bond donors (Lipinski definition) is 0. The number of nitro benzene ring substituents is 2. The highest BCUT2D eigenvalue weighted by atomic mass is 16.6. The van der Waals surface area contributed by atoms with E-state index >= 15 is 0 Å². The van der Waals surface area contributed by atoms with Crippen molar-refractivity contribution in [3.63, 3.8) is 0 Å². The van der Waals surface area contributed by atoms with E-state index in [-0.39, 0.29) is 11.4 Å². The molecule has 0 bridgehead atoms. The fourth-order valence-electron chi connectivity index (χ4n) is 2.74. The summed E-state index contributed by atoms with van der Waals surface area (Å²) in [4.78, 5) is 21.1. The Balaban J connectivity index is 2.35. The maximum Gasteiger partial charge on any atom is 0.269 e. The summed E-state index contributed by atoms with van der Waals surface area (Å²) < 4.78 is 6.22. The highest BCUT2D eigenvalue weighted by molar-refractivity contribution is 5.38. The Hall–Kier alpha value is -2.80. The van der Waals surface area contributed by atoms with Gasteiger partial charge in [-0.3, -0.25) is 20.2 Å². The molecule has 0 atom stereocenters. The highest BCUT2D eigenvalue weighted by Crippen LogP contribution is 2.37. The summed E-state index contributed by atoms with van der Waals surface area (Å²) in [5, 5.41) is 22.0. The van der Waals surface area contributed by atoms with Gasteiger partial charge in [0, 0.05) is 24.3 Å². The molecule has 0 spiro atoms. The van der Waals surface area contributed by atoms with Gasteiger partial charge in [-0.05, 0) is 38.8 Å². The number of rotatable bonds is 6. The van der Waals surface area contributed by atoms with Crippen LogP contribution in [0.2, 0.25) is 0 Å². The normalized spacial score (nSPS) is 12.0. The lowest BCUT2D eigenvalue weighted by Gasteiger charge is -2.36. The number of nitro groups is 2. The fraction of sp³-hybridized carbons (Fsp3) is 0.333. The van der Waals surface area contributed by atoms with Crippen molar-refractivity contribution in [3.05, 3.63) is 79.9 Å². The van der Waals surface area contributed by atoms with E-state index in [1.165, 1.54) is 24.3 Å². The van der Waals surface area contributed by atoms with E-state index in [0.29, 0.717) is 11.1 Å². The SMILES string of the molecule is CC(C)(OC(C)(C)c1cccc([N+](=O)[O-])c1)c1cccc([N+](=O)[O-])c1. The second kappa shape index (κ2) is 6.60. The molecule has 0 fully saturated rings. The Morgan fingerprint density at radius 2 is 1.12 bits per heavy atom. The molecule has 2 aromatic carbocycles. The summed E-state index contributed by atoms with van der Waals surface area (Å²) in [5.74, 6) is 0. The zero-order chi connectivity index (χ0) is 18.8. The van der Waals surface area contributed by atoms with Crippen LogP contribution < -0.4 is 0 Å². The quantitative estimate of drug-likeness (QED) is 0.559. The monoisotopic (exact) mass is 344 g/mol. The molecule has 132 valence electrons. The van der Waals surface area contributed by atoms with Crippen molar-refractivity contribution in [2.24, 2.45) is 0 Å². The van der Waals surface area contributed by atoms with Gasteiger partial charge >= 0.3 is 0 Å². The van der Waals surface area contributed by atoms with Crippen LogP contribution in [0, 0.1) is 20.2 Å². The molecule has 0 saturated carbocycles. The van der Waals surface area contributed by atoms with Crippen LogP contribution in [0.5, 0.6) is 0 Å². The van der Waals surface area contributed by atoms with E-state index in [2.05, 4.69) is 0 Å². The van der Waals surface area contributed by atoms with Crippen LogP contribution in [0.1, 0.15) is 38.8 Å². The van der Waals surface area contributed by atoms with Crippen LogP contribution in [0.4, 0.5) is 11.4 Å². The van der Waals surface area contributed by atoms with Gasteiger partial charge < -0.3 is 4.74 Å². The van der Waals surface area contributed by atoms with Gasteiger partial charge in [-0.1, -0.05) is 24.3 Å². The molecular weight excluding hydrogens is 324 g/mol. The first-order valence-electron chi connectivity index (χ1n) is 7.73. The maximum atomic E-state index is 11.0. The zero-order valence-electron chi connectivity index (χ0n) is 14.6. The zero-order valence-corrected chi connectivity index (χ0v) is 14.6. The van der Waals surface area contributed by atoms with Gasteiger partial charge in [0.1, 0.15) is 0 Å². The predicted molar refractivity (Wildman–Crippen MR) is 93.3 cm³/mol. The van der Waals surface area contributed by atoms with Crippen LogP contribution in [0.3, 0.4) is 0 Å². The fourth-order valence-corrected chi connectivity index (χ4v) is 2.74. The molecule has 7 nitrogen and oxygen atoms in total. The van der Waals surface area contributed by atoms with Gasteiger partial charge in [-0.25, -0.2) is 0 Å². The van der Waals surface area contributed by atoms with Crippen LogP contribution in [-0.4, -0.2) is 9.85 Å². The van der Waals surface area contributed by atoms with Gasteiger partial charge in [0.05, 0.1) is 21.0 Å². The first kappa shape index (κ1) is 18.5. The summed E-state index contributed by atoms with van der Waals surface area (Å²) in [5.41, 5.74) is -0.384. The van der Waals surface area contributed by atoms with Crippen LogP contribution in [0.15, 0.2) is 48.5 Å². The van der Waals surface area contributed by atoms with Crippen molar-refractivity contribution in [2.75, 3.05) is 0 Å². The van der Waals surface area contributed by atoms with Gasteiger partial charge in [0.25, 0.3) is 11.4 Å².